The minimum atomic E-state index is -4.72. The van der Waals surface area contributed by atoms with Gasteiger partial charge in [0.15, 0.2) is 0 Å². The number of likely N-dealkylation sites (tertiary alicyclic amines) is 1. The fourth-order valence-electron chi connectivity index (χ4n) is 5.91. The van der Waals surface area contributed by atoms with Gasteiger partial charge in [0.25, 0.3) is 0 Å². The molecule has 4 rings (SSSR count). The maximum Gasteiger partial charge on any atom is 0.419 e. The number of aliphatic hydroxyl groups is 1. The zero-order chi connectivity index (χ0) is 29.8. The second-order valence-electron chi connectivity index (χ2n) is 12.3. The van der Waals surface area contributed by atoms with E-state index >= 15 is 0 Å². The smallest absolute Gasteiger partial charge is 0.419 e. The van der Waals surface area contributed by atoms with Gasteiger partial charge in [-0.1, -0.05) is 55.7 Å². The van der Waals surface area contributed by atoms with Crippen LogP contribution in [0.2, 0.25) is 0 Å². The van der Waals surface area contributed by atoms with E-state index in [1.54, 1.807) is 49.9 Å². The van der Waals surface area contributed by atoms with Crippen molar-refractivity contribution >= 4 is 11.9 Å². The van der Waals surface area contributed by atoms with E-state index in [1.807, 2.05) is 6.07 Å². The van der Waals surface area contributed by atoms with Crippen molar-refractivity contribution in [3.8, 4) is 5.75 Å². The van der Waals surface area contributed by atoms with Crippen LogP contribution in [-0.2, 0) is 22.3 Å². The Morgan fingerprint density at radius 3 is 2.22 bits per heavy atom. The number of nitrogens with zero attached hydrogens (tertiary/aromatic N) is 1. The summed E-state index contributed by atoms with van der Waals surface area (Å²) in [5, 5.41) is 11.8. The standard InChI is InChI=1S/C32H40F3NO5/c1-30(2,3)41-29(38)36-18-14-23(15-19-36)28(37)27(31(39)16-8-5-9-17-31)24-12-13-26(25(20-24)32(33,34)35)40-21-22-10-6-4-7-11-22/h4,6-7,10-13,20,23,27,39H,5,8-9,14-19,21H2,1-3H3. The Labute approximate surface area is 239 Å². The molecule has 6 nitrogen and oxygen atoms in total. The van der Waals surface area contributed by atoms with Crippen LogP contribution in [0.1, 0.15) is 88.3 Å². The Morgan fingerprint density at radius 2 is 1.63 bits per heavy atom. The topological polar surface area (TPSA) is 76.1 Å². The lowest BCUT2D eigenvalue weighted by molar-refractivity contribution is -0.140. The van der Waals surface area contributed by atoms with Gasteiger partial charge in [0, 0.05) is 19.0 Å². The maximum absolute atomic E-state index is 14.3. The molecule has 1 amide bonds. The van der Waals surface area contributed by atoms with E-state index in [4.69, 9.17) is 9.47 Å². The molecule has 2 aliphatic rings. The van der Waals surface area contributed by atoms with Crippen molar-refractivity contribution in [2.45, 2.75) is 95.6 Å². The van der Waals surface area contributed by atoms with Gasteiger partial charge in [0.1, 0.15) is 23.7 Å². The number of ether oxygens (including phenoxy) is 2. The van der Waals surface area contributed by atoms with E-state index in [-0.39, 0.29) is 23.7 Å². The van der Waals surface area contributed by atoms with Crippen LogP contribution in [0.3, 0.4) is 0 Å². The molecule has 9 heteroatoms. The molecule has 1 atom stereocenters. The van der Waals surface area contributed by atoms with Crippen LogP contribution in [0.15, 0.2) is 48.5 Å². The third-order valence-electron chi connectivity index (χ3n) is 7.97. The van der Waals surface area contributed by atoms with Gasteiger partial charge in [0.05, 0.1) is 17.1 Å². The molecule has 2 fully saturated rings. The van der Waals surface area contributed by atoms with Gasteiger partial charge in [-0.3, -0.25) is 4.79 Å². The highest BCUT2D eigenvalue weighted by Gasteiger charge is 2.47. The Morgan fingerprint density at radius 1 is 1.00 bits per heavy atom. The van der Waals surface area contributed by atoms with Crippen LogP contribution in [-0.4, -0.2) is 46.2 Å². The average molecular weight is 576 g/mol. The summed E-state index contributed by atoms with van der Waals surface area (Å²) in [6, 6.07) is 12.6. The van der Waals surface area contributed by atoms with E-state index in [0.29, 0.717) is 51.6 Å². The van der Waals surface area contributed by atoms with E-state index in [2.05, 4.69) is 0 Å². The first kappa shape index (κ1) is 30.9. The van der Waals surface area contributed by atoms with Gasteiger partial charge in [-0.05, 0) is 69.7 Å². The van der Waals surface area contributed by atoms with Crippen LogP contribution in [0.25, 0.3) is 0 Å². The fourth-order valence-corrected chi connectivity index (χ4v) is 5.91. The number of carbonyl (C=O) groups excluding carboxylic acids is 2. The number of hydrogen-bond acceptors (Lipinski definition) is 5. The lowest BCUT2D eigenvalue weighted by Gasteiger charge is -2.41. The van der Waals surface area contributed by atoms with E-state index in [9.17, 15) is 27.9 Å². The predicted octanol–water partition coefficient (Wildman–Crippen LogP) is 7.28. The molecular formula is C32H40F3NO5. The normalized spacial score (nSPS) is 19.0. The quantitative estimate of drug-likeness (QED) is 0.376. The lowest BCUT2D eigenvalue weighted by Crippen LogP contribution is -2.47. The molecule has 1 N–H and O–H groups in total. The van der Waals surface area contributed by atoms with Crippen LogP contribution in [0.5, 0.6) is 5.75 Å². The number of piperidine rings is 1. The van der Waals surface area contributed by atoms with Crippen molar-refractivity contribution in [3.63, 3.8) is 0 Å². The van der Waals surface area contributed by atoms with Gasteiger partial charge in [0.2, 0.25) is 0 Å². The lowest BCUT2D eigenvalue weighted by atomic mass is 9.68. The van der Waals surface area contributed by atoms with Crippen LogP contribution < -0.4 is 4.74 Å². The number of alkyl halides is 3. The number of rotatable bonds is 7. The van der Waals surface area contributed by atoms with Gasteiger partial charge >= 0.3 is 12.3 Å². The SMILES string of the molecule is CC(C)(C)OC(=O)N1CCC(C(=O)C(c2ccc(OCc3ccccc3)c(C(F)(F)F)c2)C2(O)CCCCC2)CC1. The van der Waals surface area contributed by atoms with Crippen LogP contribution >= 0.6 is 0 Å². The summed E-state index contributed by atoms with van der Waals surface area (Å²) >= 11 is 0. The predicted molar refractivity (Wildman–Crippen MR) is 149 cm³/mol. The Bertz CT molecular complexity index is 1190. The highest BCUT2D eigenvalue weighted by atomic mass is 19.4. The molecule has 1 aliphatic carbocycles. The van der Waals surface area contributed by atoms with Crippen molar-refractivity contribution in [2.24, 2.45) is 5.92 Å². The molecule has 2 aromatic rings. The summed E-state index contributed by atoms with van der Waals surface area (Å²) in [6.07, 6.45) is -1.48. The van der Waals surface area contributed by atoms with Gasteiger partial charge < -0.3 is 19.5 Å². The molecule has 1 unspecified atom stereocenters. The van der Waals surface area contributed by atoms with Crippen molar-refractivity contribution in [1.82, 2.24) is 4.90 Å². The monoisotopic (exact) mass is 575 g/mol. The number of benzene rings is 2. The Hall–Kier alpha value is -3.07. The third kappa shape index (κ3) is 7.82. The molecule has 1 saturated heterocycles. The first-order chi connectivity index (χ1) is 19.3. The minimum absolute atomic E-state index is 0.0359. The first-order valence-corrected chi connectivity index (χ1v) is 14.4. The molecular weight excluding hydrogens is 535 g/mol. The number of ketones is 1. The summed E-state index contributed by atoms with van der Waals surface area (Å²) in [7, 11) is 0. The summed E-state index contributed by atoms with van der Waals surface area (Å²) < 4.78 is 53.8. The molecule has 1 aliphatic heterocycles. The number of amides is 1. The second-order valence-corrected chi connectivity index (χ2v) is 12.3. The summed E-state index contributed by atoms with van der Waals surface area (Å²) in [5.74, 6) is -2.19. The van der Waals surface area contributed by atoms with E-state index in [0.717, 1.165) is 18.1 Å². The van der Waals surface area contributed by atoms with Gasteiger partial charge in [-0.25, -0.2) is 4.79 Å². The summed E-state index contributed by atoms with van der Waals surface area (Å²) in [4.78, 5) is 28.1. The average Bonchev–Trinajstić information content (AvgIpc) is 2.92. The molecule has 0 radical (unpaired) electrons. The van der Waals surface area contributed by atoms with Crippen molar-refractivity contribution in [3.05, 3.63) is 65.2 Å². The number of carbonyl (C=O) groups is 2. The molecule has 224 valence electrons. The molecule has 2 aromatic carbocycles. The first-order valence-electron chi connectivity index (χ1n) is 14.4. The van der Waals surface area contributed by atoms with Gasteiger partial charge in [-0.15, -0.1) is 0 Å². The van der Waals surface area contributed by atoms with Crippen molar-refractivity contribution < 1.29 is 37.3 Å². The highest BCUT2D eigenvalue weighted by Crippen LogP contribution is 2.46. The number of hydrogen-bond donors (Lipinski definition) is 1. The van der Waals surface area contributed by atoms with E-state index in [1.165, 1.54) is 12.1 Å². The molecule has 0 spiro atoms. The van der Waals surface area contributed by atoms with Crippen molar-refractivity contribution in [2.75, 3.05) is 13.1 Å². The minimum Gasteiger partial charge on any atom is -0.488 e. The zero-order valence-corrected chi connectivity index (χ0v) is 24.0. The van der Waals surface area contributed by atoms with E-state index < -0.39 is 40.9 Å². The Balaban J connectivity index is 1.60. The van der Waals surface area contributed by atoms with Crippen LogP contribution in [0, 0.1) is 5.92 Å². The van der Waals surface area contributed by atoms with Crippen LogP contribution in [0.4, 0.5) is 18.0 Å². The van der Waals surface area contributed by atoms with Gasteiger partial charge in [-0.2, -0.15) is 13.2 Å². The zero-order valence-electron chi connectivity index (χ0n) is 24.0. The maximum atomic E-state index is 14.3. The highest BCUT2D eigenvalue weighted by molar-refractivity contribution is 5.89. The fraction of sp³-hybridized carbons (Fsp3) is 0.562. The molecule has 1 saturated carbocycles. The largest absolute Gasteiger partial charge is 0.488 e. The summed E-state index contributed by atoms with van der Waals surface area (Å²) in [6.45, 7) is 5.91. The second kappa shape index (κ2) is 12.4. The molecule has 0 bridgehead atoms. The number of halogens is 3. The molecule has 1 heterocycles. The molecule has 41 heavy (non-hydrogen) atoms. The third-order valence-corrected chi connectivity index (χ3v) is 7.97. The van der Waals surface area contributed by atoms with Crippen molar-refractivity contribution in [1.29, 1.82) is 0 Å². The summed E-state index contributed by atoms with van der Waals surface area (Å²) in [5.41, 5.74) is -2.18. The molecule has 0 aromatic heterocycles. The Kier molecular flexibility index (Phi) is 9.36. The number of Topliss-reactive ketones (excluding diaryl/α,β-unsaturated/α-hetero) is 1.